The van der Waals surface area contributed by atoms with Crippen LogP contribution >= 0.6 is 0 Å². The summed E-state index contributed by atoms with van der Waals surface area (Å²) in [5.41, 5.74) is 1.85. The predicted molar refractivity (Wildman–Crippen MR) is 83.2 cm³/mol. The number of aliphatic hydroxyl groups is 1. The minimum absolute atomic E-state index is 0.207. The average molecular weight is 311 g/mol. The van der Waals surface area contributed by atoms with Gasteiger partial charge in [-0.25, -0.2) is 0 Å². The first-order valence-electron chi connectivity index (χ1n) is 7.29. The molecule has 1 aromatic carbocycles. The van der Waals surface area contributed by atoms with E-state index in [1.165, 1.54) is 4.80 Å². The number of hydrogen-bond donors (Lipinski definition) is 1. The van der Waals surface area contributed by atoms with E-state index in [1.54, 1.807) is 12.4 Å². The van der Waals surface area contributed by atoms with Crippen LogP contribution in [-0.4, -0.2) is 43.0 Å². The van der Waals surface area contributed by atoms with E-state index in [1.807, 2.05) is 42.5 Å². The van der Waals surface area contributed by atoms with Gasteiger partial charge >= 0.3 is 0 Å². The van der Waals surface area contributed by atoms with Crippen LogP contribution < -0.4 is 0 Å². The third kappa shape index (κ3) is 4.41. The lowest BCUT2D eigenvalue weighted by atomic mass is 10.2. The molecule has 0 unspecified atom stereocenters. The van der Waals surface area contributed by atoms with Crippen molar-refractivity contribution in [3.63, 3.8) is 0 Å². The molecule has 2 aromatic heterocycles. The van der Waals surface area contributed by atoms with Crippen LogP contribution in [-0.2, 0) is 17.9 Å². The van der Waals surface area contributed by atoms with E-state index in [4.69, 9.17) is 4.74 Å². The van der Waals surface area contributed by atoms with E-state index in [9.17, 15) is 5.11 Å². The second kappa shape index (κ2) is 7.57. The Morgan fingerprint density at radius 3 is 2.78 bits per heavy atom. The minimum Gasteiger partial charge on any atom is -0.389 e. The number of aromatic nitrogens is 5. The van der Waals surface area contributed by atoms with Crippen LogP contribution in [0, 0.1) is 0 Å². The molecule has 0 saturated heterocycles. The van der Waals surface area contributed by atoms with Crippen molar-refractivity contribution in [3.05, 3.63) is 60.4 Å². The molecule has 1 atom stereocenters. The Bertz CT molecular complexity index is 718. The molecular formula is C16H17N5O2. The van der Waals surface area contributed by atoms with E-state index in [-0.39, 0.29) is 13.2 Å². The lowest BCUT2D eigenvalue weighted by Gasteiger charge is -2.10. The SMILES string of the molecule is O[C@@H](COCc1ccccc1)Cn1nnc(-c2cccnc2)n1. The van der Waals surface area contributed by atoms with Crippen LogP contribution in [0.2, 0.25) is 0 Å². The largest absolute Gasteiger partial charge is 0.389 e. The third-order valence-electron chi connectivity index (χ3n) is 3.17. The molecule has 0 bridgehead atoms. The highest BCUT2D eigenvalue weighted by molar-refractivity contribution is 5.51. The molecule has 0 amide bonds. The lowest BCUT2D eigenvalue weighted by molar-refractivity contribution is 0.0165. The molecule has 118 valence electrons. The van der Waals surface area contributed by atoms with Crippen molar-refractivity contribution in [2.24, 2.45) is 0 Å². The van der Waals surface area contributed by atoms with Gasteiger partial charge in [0.25, 0.3) is 0 Å². The summed E-state index contributed by atoms with van der Waals surface area (Å²) in [7, 11) is 0. The third-order valence-corrected chi connectivity index (χ3v) is 3.17. The Morgan fingerprint density at radius 1 is 1.13 bits per heavy atom. The highest BCUT2D eigenvalue weighted by atomic mass is 16.5. The number of hydrogen-bond acceptors (Lipinski definition) is 6. The Labute approximate surface area is 133 Å². The highest BCUT2D eigenvalue weighted by Gasteiger charge is 2.10. The molecule has 3 rings (SSSR count). The number of aliphatic hydroxyl groups excluding tert-OH is 1. The zero-order valence-electron chi connectivity index (χ0n) is 12.5. The fourth-order valence-corrected chi connectivity index (χ4v) is 2.06. The molecular weight excluding hydrogens is 294 g/mol. The summed E-state index contributed by atoms with van der Waals surface area (Å²) in [5, 5.41) is 22.1. The number of benzene rings is 1. The molecule has 2 heterocycles. The van der Waals surface area contributed by atoms with Gasteiger partial charge in [0, 0.05) is 18.0 Å². The summed E-state index contributed by atoms with van der Waals surface area (Å²) < 4.78 is 5.50. The fraction of sp³-hybridized carbons (Fsp3) is 0.250. The maximum Gasteiger partial charge on any atom is 0.206 e. The van der Waals surface area contributed by atoms with Gasteiger partial charge < -0.3 is 9.84 Å². The molecule has 0 saturated carbocycles. The standard InChI is InChI=1S/C16H17N5O2/c22-15(12-23-11-13-5-2-1-3-6-13)10-21-19-16(18-20-21)14-7-4-8-17-9-14/h1-9,15,22H,10-12H2/t15-/m1/s1. The number of ether oxygens (including phenoxy) is 1. The summed E-state index contributed by atoms with van der Waals surface area (Å²) in [6.45, 7) is 0.893. The summed E-state index contributed by atoms with van der Waals surface area (Å²) in [6, 6.07) is 13.5. The van der Waals surface area contributed by atoms with Crippen molar-refractivity contribution in [3.8, 4) is 11.4 Å². The monoisotopic (exact) mass is 311 g/mol. The van der Waals surface area contributed by atoms with Crippen molar-refractivity contribution in [2.45, 2.75) is 19.3 Å². The van der Waals surface area contributed by atoms with Crippen LogP contribution in [0.1, 0.15) is 5.56 Å². The Hall–Kier alpha value is -2.64. The average Bonchev–Trinajstić information content (AvgIpc) is 3.05. The van der Waals surface area contributed by atoms with Gasteiger partial charge in [-0.05, 0) is 22.9 Å². The van der Waals surface area contributed by atoms with Crippen LogP contribution in [0.5, 0.6) is 0 Å². The van der Waals surface area contributed by atoms with Crippen LogP contribution in [0.4, 0.5) is 0 Å². The van der Waals surface area contributed by atoms with Crippen LogP contribution in [0.3, 0.4) is 0 Å². The molecule has 3 aromatic rings. The second-order valence-corrected chi connectivity index (χ2v) is 5.06. The van der Waals surface area contributed by atoms with Crippen molar-refractivity contribution < 1.29 is 9.84 Å². The molecule has 0 fully saturated rings. The van der Waals surface area contributed by atoms with Gasteiger partial charge in [0.05, 0.1) is 25.9 Å². The summed E-state index contributed by atoms with van der Waals surface area (Å²) in [6.07, 6.45) is 2.65. The Balaban J connectivity index is 1.48. The molecule has 0 aliphatic rings. The van der Waals surface area contributed by atoms with Gasteiger partial charge in [-0.2, -0.15) is 4.80 Å². The van der Waals surface area contributed by atoms with E-state index >= 15 is 0 Å². The molecule has 1 N–H and O–H groups in total. The van der Waals surface area contributed by atoms with Crippen molar-refractivity contribution in [2.75, 3.05) is 6.61 Å². The van der Waals surface area contributed by atoms with Gasteiger partial charge in [0.2, 0.25) is 5.82 Å². The molecule has 0 radical (unpaired) electrons. The van der Waals surface area contributed by atoms with E-state index in [0.717, 1.165) is 11.1 Å². The summed E-state index contributed by atoms with van der Waals surface area (Å²) in [4.78, 5) is 5.37. The number of nitrogens with zero attached hydrogens (tertiary/aromatic N) is 5. The summed E-state index contributed by atoms with van der Waals surface area (Å²) >= 11 is 0. The number of rotatable bonds is 7. The second-order valence-electron chi connectivity index (χ2n) is 5.06. The zero-order chi connectivity index (χ0) is 15.9. The van der Waals surface area contributed by atoms with E-state index in [2.05, 4.69) is 20.4 Å². The number of tetrazole rings is 1. The maximum absolute atomic E-state index is 9.99. The molecule has 7 heteroatoms. The topological polar surface area (TPSA) is 86.0 Å². The van der Waals surface area contributed by atoms with Crippen LogP contribution in [0.25, 0.3) is 11.4 Å². The highest BCUT2D eigenvalue weighted by Crippen LogP contribution is 2.10. The quantitative estimate of drug-likeness (QED) is 0.708. The normalized spacial score (nSPS) is 12.2. The fourth-order valence-electron chi connectivity index (χ4n) is 2.06. The van der Waals surface area contributed by atoms with Gasteiger partial charge in [-0.15, -0.1) is 10.2 Å². The Kier molecular flexibility index (Phi) is 5.02. The van der Waals surface area contributed by atoms with Gasteiger partial charge in [0.15, 0.2) is 0 Å². The van der Waals surface area contributed by atoms with Crippen molar-refractivity contribution in [1.29, 1.82) is 0 Å². The van der Waals surface area contributed by atoms with Gasteiger partial charge in [-0.3, -0.25) is 4.98 Å². The zero-order valence-corrected chi connectivity index (χ0v) is 12.5. The summed E-state index contributed by atoms with van der Waals surface area (Å²) in [5.74, 6) is 0.482. The first kappa shape index (κ1) is 15.3. The molecule has 0 aliphatic heterocycles. The van der Waals surface area contributed by atoms with Crippen molar-refractivity contribution >= 4 is 0 Å². The smallest absolute Gasteiger partial charge is 0.206 e. The van der Waals surface area contributed by atoms with E-state index in [0.29, 0.717) is 12.4 Å². The molecule has 7 nitrogen and oxygen atoms in total. The number of pyridine rings is 1. The lowest BCUT2D eigenvalue weighted by Crippen LogP contribution is -2.23. The van der Waals surface area contributed by atoms with E-state index < -0.39 is 6.10 Å². The minimum atomic E-state index is -0.699. The first-order chi connectivity index (χ1) is 11.3. The van der Waals surface area contributed by atoms with Gasteiger partial charge in [0.1, 0.15) is 0 Å². The van der Waals surface area contributed by atoms with Gasteiger partial charge in [-0.1, -0.05) is 30.3 Å². The molecule has 0 aliphatic carbocycles. The predicted octanol–water partition coefficient (Wildman–Crippen LogP) is 1.31. The Morgan fingerprint density at radius 2 is 2.00 bits per heavy atom. The maximum atomic E-state index is 9.99. The molecule has 0 spiro atoms. The molecule has 23 heavy (non-hydrogen) atoms. The van der Waals surface area contributed by atoms with Crippen LogP contribution in [0.15, 0.2) is 54.9 Å². The van der Waals surface area contributed by atoms with Crippen molar-refractivity contribution in [1.82, 2.24) is 25.2 Å². The first-order valence-corrected chi connectivity index (χ1v) is 7.29.